The van der Waals surface area contributed by atoms with Gasteiger partial charge in [0.15, 0.2) is 0 Å². The van der Waals surface area contributed by atoms with Gasteiger partial charge in [-0.05, 0) is 37.8 Å². The Morgan fingerprint density at radius 1 is 1.00 bits per heavy atom. The van der Waals surface area contributed by atoms with Gasteiger partial charge in [0.1, 0.15) is 0 Å². The normalized spacial score (nSPS) is 21.2. The van der Waals surface area contributed by atoms with Gasteiger partial charge in [0.25, 0.3) is 0 Å². The number of rotatable bonds is 7. The van der Waals surface area contributed by atoms with E-state index >= 15 is 0 Å². The van der Waals surface area contributed by atoms with E-state index in [1.54, 1.807) is 18.2 Å². The van der Waals surface area contributed by atoms with Crippen LogP contribution < -0.4 is 10.0 Å². The van der Waals surface area contributed by atoms with Gasteiger partial charge < -0.3 is 10.4 Å². The summed E-state index contributed by atoms with van der Waals surface area (Å²) in [4.78, 5) is 23.1. The molecular formula is C16H22N2O5S. The summed E-state index contributed by atoms with van der Waals surface area (Å²) in [5, 5.41) is 11.6. The van der Waals surface area contributed by atoms with E-state index in [1.807, 2.05) is 0 Å². The van der Waals surface area contributed by atoms with Crippen molar-refractivity contribution in [2.24, 2.45) is 11.8 Å². The number of nitrogens with one attached hydrogen (secondary N) is 2. The van der Waals surface area contributed by atoms with Crippen LogP contribution in [-0.2, 0) is 19.6 Å². The number of carboxylic acids is 1. The smallest absolute Gasteiger partial charge is 0.306 e. The summed E-state index contributed by atoms with van der Waals surface area (Å²) in [6, 6.07) is 8.02. The van der Waals surface area contributed by atoms with Crippen molar-refractivity contribution in [2.45, 2.75) is 30.6 Å². The van der Waals surface area contributed by atoms with Crippen molar-refractivity contribution in [3.63, 3.8) is 0 Å². The van der Waals surface area contributed by atoms with Gasteiger partial charge in [-0.15, -0.1) is 0 Å². The second kappa shape index (κ2) is 8.25. The first-order valence-electron chi connectivity index (χ1n) is 7.95. The predicted molar refractivity (Wildman–Crippen MR) is 87.7 cm³/mol. The standard InChI is InChI=1S/C16H22N2O5S/c19-15(12-6-8-13(9-7-12)16(20)21)17-10-11-18-24(22,23)14-4-2-1-3-5-14/h1-5,12-13,18H,6-11H2,(H,17,19)(H,20,21). The van der Waals surface area contributed by atoms with E-state index in [9.17, 15) is 18.0 Å². The molecule has 0 heterocycles. The van der Waals surface area contributed by atoms with E-state index in [0.29, 0.717) is 25.7 Å². The molecule has 132 valence electrons. The zero-order valence-corrected chi connectivity index (χ0v) is 14.1. The number of aliphatic carboxylic acids is 1. The molecule has 1 fully saturated rings. The number of sulfonamides is 1. The van der Waals surface area contributed by atoms with Crippen LogP contribution in [0.2, 0.25) is 0 Å². The third-order valence-electron chi connectivity index (χ3n) is 4.22. The van der Waals surface area contributed by atoms with Gasteiger partial charge in [0, 0.05) is 19.0 Å². The number of hydrogen-bond acceptors (Lipinski definition) is 4. The Balaban J connectivity index is 1.71. The molecule has 0 aliphatic heterocycles. The minimum absolute atomic E-state index is 0.105. The first kappa shape index (κ1) is 18.4. The molecule has 3 N–H and O–H groups in total. The molecule has 7 nitrogen and oxygen atoms in total. The summed E-state index contributed by atoms with van der Waals surface area (Å²) in [6.45, 7) is 0.303. The van der Waals surface area contributed by atoms with Gasteiger partial charge in [-0.1, -0.05) is 18.2 Å². The number of amides is 1. The van der Waals surface area contributed by atoms with E-state index < -0.39 is 16.0 Å². The Labute approximate surface area is 141 Å². The molecule has 1 amide bonds. The van der Waals surface area contributed by atoms with Crippen LogP contribution in [0, 0.1) is 11.8 Å². The molecule has 1 aromatic rings. The molecule has 0 saturated heterocycles. The fraction of sp³-hybridized carbons (Fsp3) is 0.500. The van der Waals surface area contributed by atoms with Gasteiger partial charge in [-0.3, -0.25) is 9.59 Å². The fourth-order valence-electron chi connectivity index (χ4n) is 2.80. The summed E-state index contributed by atoms with van der Waals surface area (Å²) in [7, 11) is -3.57. The molecule has 0 spiro atoms. The van der Waals surface area contributed by atoms with Crippen molar-refractivity contribution < 1.29 is 23.1 Å². The fourth-order valence-corrected chi connectivity index (χ4v) is 3.85. The lowest BCUT2D eigenvalue weighted by atomic mass is 9.81. The molecule has 8 heteroatoms. The molecule has 1 saturated carbocycles. The van der Waals surface area contributed by atoms with Crippen molar-refractivity contribution in [3.05, 3.63) is 30.3 Å². The minimum atomic E-state index is -3.57. The molecule has 0 bridgehead atoms. The summed E-state index contributed by atoms with van der Waals surface area (Å²) < 4.78 is 26.4. The summed E-state index contributed by atoms with van der Waals surface area (Å²) >= 11 is 0. The highest BCUT2D eigenvalue weighted by Gasteiger charge is 2.29. The number of benzene rings is 1. The van der Waals surface area contributed by atoms with Crippen LogP contribution in [0.1, 0.15) is 25.7 Å². The Hall–Kier alpha value is -1.93. The van der Waals surface area contributed by atoms with Crippen molar-refractivity contribution >= 4 is 21.9 Å². The molecule has 1 aromatic carbocycles. The molecule has 0 atom stereocenters. The van der Waals surface area contributed by atoms with E-state index in [1.165, 1.54) is 12.1 Å². The van der Waals surface area contributed by atoms with Crippen LogP contribution in [0.25, 0.3) is 0 Å². The van der Waals surface area contributed by atoms with Gasteiger partial charge in [0.2, 0.25) is 15.9 Å². The number of hydrogen-bond donors (Lipinski definition) is 3. The van der Waals surface area contributed by atoms with Crippen molar-refractivity contribution in [1.82, 2.24) is 10.0 Å². The van der Waals surface area contributed by atoms with Crippen LogP contribution in [0.3, 0.4) is 0 Å². The lowest BCUT2D eigenvalue weighted by Crippen LogP contribution is -2.39. The Kier molecular flexibility index (Phi) is 6.33. The zero-order valence-electron chi connectivity index (χ0n) is 13.3. The highest BCUT2D eigenvalue weighted by Crippen LogP contribution is 2.28. The number of carboxylic acid groups (broad SMARTS) is 1. The molecule has 0 radical (unpaired) electrons. The molecule has 0 unspecified atom stereocenters. The molecular weight excluding hydrogens is 332 g/mol. The van der Waals surface area contributed by atoms with Gasteiger partial charge in [0.05, 0.1) is 10.8 Å². The largest absolute Gasteiger partial charge is 0.481 e. The highest BCUT2D eigenvalue weighted by molar-refractivity contribution is 7.89. The second-order valence-electron chi connectivity index (χ2n) is 5.89. The SMILES string of the molecule is O=C(O)C1CCC(C(=O)NCCNS(=O)(=O)c2ccccc2)CC1. The number of carbonyl (C=O) groups excluding carboxylic acids is 1. The third kappa shape index (κ3) is 5.04. The first-order valence-corrected chi connectivity index (χ1v) is 9.43. The van der Waals surface area contributed by atoms with Crippen LogP contribution in [0.5, 0.6) is 0 Å². The maximum Gasteiger partial charge on any atom is 0.306 e. The Morgan fingerprint density at radius 3 is 2.17 bits per heavy atom. The summed E-state index contributed by atoms with van der Waals surface area (Å²) in [5.41, 5.74) is 0. The molecule has 1 aliphatic rings. The maximum atomic E-state index is 12.0. The zero-order chi connectivity index (χ0) is 17.6. The second-order valence-corrected chi connectivity index (χ2v) is 7.66. The van der Waals surface area contributed by atoms with Crippen molar-refractivity contribution in [1.29, 1.82) is 0 Å². The van der Waals surface area contributed by atoms with Crippen LogP contribution in [0.15, 0.2) is 35.2 Å². The van der Waals surface area contributed by atoms with E-state index in [2.05, 4.69) is 10.0 Å². The molecule has 2 rings (SSSR count). The van der Waals surface area contributed by atoms with E-state index in [-0.39, 0.29) is 35.7 Å². The Morgan fingerprint density at radius 2 is 1.58 bits per heavy atom. The summed E-state index contributed by atoms with van der Waals surface area (Å²) in [5.74, 6) is -1.49. The predicted octanol–water partition coefficient (Wildman–Crippen LogP) is 0.972. The van der Waals surface area contributed by atoms with Crippen LogP contribution in [0.4, 0.5) is 0 Å². The maximum absolute atomic E-state index is 12.0. The number of carbonyl (C=O) groups is 2. The average molecular weight is 354 g/mol. The van der Waals surface area contributed by atoms with Crippen LogP contribution in [-0.4, -0.2) is 38.5 Å². The monoisotopic (exact) mass is 354 g/mol. The van der Waals surface area contributed by atoms with Crippen molar-refractivity contribution in [2.75, 3.05) is 13.1 Å². The topological polar surface area (TPSA) is 113 Å². The lowest BCUT2D eigenvalue weighted by Gasteiger charge is -2.25. The quantitative estimate of drug-likeness (QED) is 0.632. The molecule has 24 heavy (non-hydrogen) atoms. The Bertz CT molecular complexity index is 667. The van der Waals surface area contributed by atoms with Gasteiger partial charge >= 0.3 is 5.97 Å². The third-order valence-corrected chi connectivity index (χ3v) is 5.69. The molecule has 0 aromatic heterocycles. The minimum Gasteiger partial charge on any atom is -0.481 e. The van der Waals surface area contributed by atoms with Crippen molar-refractivity contribution in [3.8, 4) is 0 Å². The summed E-state index contributed by atoms with van der Waals surface area (Å²) in [6.07, 6.45) is 2.12. The molecule has 1 aliphatic carbocycles. The highest BCUT2D eigenvalue weighted by atomic mass is 32.2. The first-order chi connectivity index (χ1) is 11.4. The van der Waals surface area contributed by atoms with Gasteiger partial charge in [-0.25, -0.2) is 13.1 Å². The van der Waals surface area contributed by atoms with Crippen LogP contribution >= 0.6 is 0 Å². The van der Waals surface area contributed by atoms with Gasteiger partial charge in [-0.2, -0.15) is 0 Å². The van der Waals surface area contributed by atoms with E-state index in [0.717, 1.165) is 0 Å². The average Bonchev–Trinajstić information content (AvgIpc) is 2.59. The lowest BCUT2D eigenvalue weighted by molar-refractivity contribution is -0.144. The van der Waals surface area contributed by atoms with E-state index in [4.69, 9.17) is 5.11 Å².